The second kappa shape index (κ2) is 9.34. The lowest BCUT2D eigenvalue weighted by atomic mass is 9.90. The highest BCUT2D eigenvalue weighted by molar-refractivity contribution is 7.89. The van der Waals surface area contributed by atoms with Gasteiger partial charge in [-0.1, -0.05) is 24.4 Å². The highest BCUT2D eigenvalue weighted by Crippen LogP contribution is 2.26. The van der Waals surface area contributed by atoms with Gasteiger partial charge in [-0.2, -0.15) is 4.31 Å². The van der Waals surface area contributed by atoms with Crippen molar-refractivity contribution in [3.8, 4) is 5.75 Å². The molecule has 6 nitrogen and oxygen atoms in total. The minimum Gasteiger partial charge on any atom is -0.406 e. The summed E-state index contributed by atoms with van der Waals surface area (Å²) in [5.74, 6) is 0.0949. The van der Waals surface area contributed by atoms with Gasteiger partial charge in [0, 0.05) is 25.9 Å². The molecule has 29 heavy (non-hydrogen) atoms. The lowest BCUT2D eigenvalue weighted by Gasteiger charge is -2.27. The third kappa shape index (κ3) is 6.33. The second-order valence-electron chi connectivity index (χ2n) is 7.38. The predicted molar refractivity (Wildman–Crippen MR) is 101 cm³/mol. The van der Waals surface area contributed by atoms with Crippen LogP contribution >= 0.6 is 0 Å². The topological polar surface area (TPSA) is 68.2 Å². The van der Waals surface area contributed by atoms with E-state index in [0.717, 1.165) is 30.0 Å². The molecule has 0 radical (unpaired) electrons. The molecule has 0 spiro atoms. The molecule has 1 heterocycles. The summed E-state index contributed by atoms with van der Waals surface area (Å²) in [5, 5.41) is 4.18. The zero-order valence-electron chi connectivity index (χ0n) is 16.0. The number of halogens is 3. The van der Waals surface area contributed by atoms with Crippen LogP contribution in [0.15, 0.2) is 34.3 Å². The first kappa shape index (κ1) is 21.9. The first-order valence-corrected chi connectivity index (χ1v) is 11.2. The molecule has 1 aromatic rings. The molecule has 1 aliphatic heterocycles. The maximum atomic E-state index is 12.7. The van der Waals surface area contributed by atoms with Gasteiger partial charge in [0.25, 0.3) is 0 Å². The summed E-state index contributed by atoms with van der Waals surface area (Å²) >= 11 is 0. The van der Waals surface area contributed by atoms with Crippen molar-refractivity contribution in [3.05, 3.63) is 24.3 Å². The fourth-order valence-electron chi connectivity index (χ4n) is 3.63. The molecule has 2 aliphatic rings. The smallest absolute Gasteiger partial charge is 0.406 e. The molecule has 0 unspecified atom stereocenters. The molecule has 1 aromatic carbocycles. The van der Waals surface area contributed by atoms with E-state index < -0.39 is 22.1 Å². The first-order valence-electron chi connectivity index (χ1n) is 9.78. The van der Waals surface area contributed by atoms with E-state index in [9.17, 15) is 21.6 Å². The molecule has 1 aliphatic carbocycles. The Kier molecular flexibility index (Phi) is 7.05. The van der Waals surface area contributed by atoms with Crippen molar-refractivity contribution in [3.63, 3.8) is 0 Å². The van der Waals surface area contributed by atoms with Crippen molar-refractivity contribution in [2.75, 3.05) is 19.7 Å². The van der Waals surface area contributed by atoms with Crippen LogP contribution in [-0.2, 0) is 14.9 Å². The standard InChI is InChI=1S/C19H25F3N2O4S/c20-19(21,22)28-17-6-8-18(9-7-17)29(25,26)24-12-10-16(11-13-24)23-27-14-15-4-2-1-3-5-15/h6-9,15H,1-5,10-14H2. The summed E-state index contributed by atoms with van der Waals surface area (Å²) < 4.78 is 67.2. The molecule has 1 saturated carbocycles. The molecular weight excluding hydrogens is 409 g/mol. The van der Waals surface area contributed by atoms with Gasteiger partial charge in [-0.15, -0.1) is 13.2 Å². The normalized spacial score (nSPS) is 19.8. The number of hydrogen-bond acceptors (Lipinski definition) is 5. The van der Waals surface area contributed by atoms with Crippen molar-refractivity contribution in [1.29, 1.82) is 0 Å². The molecule has 3 rings (SSSR count). The molecule has 0 bridgehead atoms. The molecule has 162 valence electrons. The van der Waals surface area contributed by atoms with Crippen LogP contribution in [0.25, 0.3) is 0 Å². The SMILES string of the molecule is O=S(=O)(c1ccc(OC(F)(F)F)cc1)N1CCC(=NOCC2CCCCC2)CC1. The molecule has 10 heteroatoms. The van der Waals surface area contributed by atoms with E-state index in [1.165, 1.54) is 36.4 Å². The summed E-state index contributed by atoms with van der Waals surface area (Å²) in [6.45, 7) is 1.13. The van der Waals surface area contributed by atoms with Crippen molar-refractivity contribution >= 4 is 15.7 Å². The van der Waals surface area contributed by atoms with E-state index in [4.69, 9.17) is 4.84 Å². The van der Waals surface area contributed by atoms with Gasteiger partial charge < -0.3 is 9.57 Å². The Labute approximate surface area is 168 Å². The number of oxime groups is 1. The lowest BCUT2D eigenvalue weighted by Crippen LogP contribution is -2.38. The first-order chi connectivity index (χ1) is 13.7. The van der Waals surface area contributed by atoms with Gasteiger partial charge in [-0.25, -0.2) is 8.42 Å². The number of ether oxygens (including phenoxy) is 1. The van der Waals surface area contributed by atoms with Gasteiger partial charge in [-0.3, -0.25) is 0 Å². The van der Waals surface area contributed by atoms with Crippen LogP contribution in [0.4, 0.5) is 13.2 Å². The Balaban J connectivity index is 1.51. The predicted octanol–water partition coefficient (Wildman–Crippen LogP) is 4.32. The largest absolute Gasteiger partial charge is 0.573 e. The van der Waals surface area contributed by atoms with Gasteiger partial charge in [0.1, 0.15) is 12.4 Å². The van der Waals surface area contributed by atoms with Crippen LogP contribution < -0.4 is 4.74 Å². The minimum absolute atomic E-state index is 0.0686. The molecule has 0 amide bonds. The minimum atomic E-state index is -4.82. The highest BCUT2D eigenvalue weighted by atomic mass is 32.2. The van der Waals surface area contributed by atoms with Crippen molar-refractivity contribution in [2.24, 2.45) is 11.1 Å². The van der Waals surface area contributed by atoms with Crippen LogP contribution in [0.1, 0.15) is 44.9 Å². The van der Waals surface area contributed by atoms with E-state index in [1.54, 1.807) is 0 Å². The Morgan fingerprint density at radius 1 is 1.03 bits per heavy atom. The van der Waals surface area contributed by atoms with Gasteiger partial charge in [0.2, 0.25) is 10.0 Å². The number of alkyl halides is 3. The Morgan fingerprint density at radius 3 is 2.24 bits per heavy atom. The molecular formula is C19H25F3N2O4S. The fourth-order valence-corrected chi connectivity index (χ4v) is 5.07. The number of piperidine rings is 1. The fraction of sp³-hybridized carbons (Fsp3) is 0.632. The molecule has 0 atom stereocenters. The van der Waals surface area contributed by atoms with E-state index in [2.05, 4.69) is 9.89 Å². The van der Waals surface area contributed by atoms with Crippen LogP contribution in [0.2, 0.25) is 0 Å². The van der Waals surface area contributed by atoms with Crippen LogP contribution in [0.5, 0.6) is 5.75 Å². The number of hydrogen-bond donors (Lipinski definition) is 0. The number of rotatable bonds is 6. The van der Waals surface area contributed by atoms with Crippen molar-refractivity contribution < 1.29 is 31.2 Å². The number of sulfonamides is 1. The quantitative estimate of drug-likeness (QED) is 0.626. The summed E-state index contributed by atoms with van der Waals surface area (Å²) in [6, 6.07) is 4.23. The van der Waals surface area contributed by atoms with E-state index in [-0.39, 0.29) is 18.0 Å². The van der Waals surface area contributed by atoms with E-state index in [1.807, 2.05) is 0 Å². The van der Waals surface area contributed by atoms with E-state index >= 15 is 0 Å². The Hall–Kier alpha value is -1.81. The molecule has 0 aromatic heterocycles. The molecule has 0 N–H and O–H groups in total. The molecule has 1 saturated heterocycles. The van der Waals surface area contributed by atoms with Crippen LogP contribution in [0, 0.1) is 5.92 Å². The summed E-state index contributed by atoms with van der Waals surface area (Å²) in [6.07, 6.45) is 2.22. The van der Waals surface area contributed by atoms with Crippen molar-refractivity contribution in [2.45, 2.75) is 56.2 Å². The van der Waals surface area contributed by atoms with Crippen LogP contribution in [-0.4, -0.2) is 44.5 Å². The Bertz CT molecular complexity index is 794. The third-order valence-corrected chi connectivity index (χ3v) is 7.14. The summed E-state index contributed by atoms with van der Waals surface area (Å²) in [4.78, 5) is 5.42. The second-order valence-corrected chi connectivity index (χ2v) is 9.32. The summed E-state index contributed by atoms with van der Waals surface area (Å²) in [7, 11) is -3.78. The average molecular weight is 434 g/mol. The van der Waals surface area contributed by atoms with Gasteiger partial charge in [0.05, 0.1) is 10.6 Å². The van der Waals surface area contributed by atoms with E-state index in [0.29, 0.717) is 25.4 Å². The van der Waals surface area contributed by atoms with Gasteiger partial charge in [-0.05, 0) is 43.0 Å². The Morgan fingerprint density at radius 2 is 1.66 bits per heavy atom. The maximum Gasteiger partial charge on any atom is 0.573 e. The summed E-state index contributed by atoms with van der Waals surface area (Å²) in [5.41, 5.74) is 0.834. The van der Waals surface area contributed by atoms with Crippen LogP contribution in [0.3, 0.4) is 0 Å². The molecule has 2 fully saturated rings. The zero-order chi connectivity index (χ0) is 20.9. The van der Waals surface area contributed by atoms with Crippen molar-refractivity contribution in [1.82, 2.24) is 4.31 Å². The van der Waals surface area contributed by atoms with Gasteiger partial charge in [0.15, 0.2) is 0 Å². The highest BCUT2D eigenvalue weighted by Gasteiger charge is 2.32. The maximum absolute atomic E-state index is 12.7. The zero-order valence-corrected chi connectivity index (χ0v) is 16.8. The lowest BCUT2D eigenvalue weighted by molar-refractivity contribution is -0.274. The third-order valence-electron chi connectivity index (χ3n) is 5.22. The number of benzene rings is 1. The van der Waals surface area contributed by atoms with Gasteiger partial charge >= 0.3 is 6.36 Å². The number of nitrogens with zero attached hydrogens (tertiary/aromatic N) is 2. The monoisotopic (exact) mass is 434 g/mol. The average Bonchev–Trinajstić information content (AvgIpc) is 2.68.